The predicted molar refractivity (Wildman–Crippen MR) is 107 cm³/mol. The van der Waals surface area contributed by atoms with Crippen LogP contribution in [0.5, 0.6) is 0 Å². The molecule has 134 valence electrons. The summed E-state index contributed by atoms with van der Waals surface area (Å²) >= 11 is 6.09. The van der Waals surface area contributed by atoms with E-state index >= 15 is 0 Å². The van der Waals surface area contributed by atoms with E-state index in [4.69, 9.17) is 5.11 Å². The number of aromatic nitrogens is 1. The van der Waals surface area contributed by atoms with Gasteiger partial charge in [0.15, 0.2) is 5.13 Å². The van der Waals surface area contributed by atoms with Crippen LogP contribution in [-0.4, -0.2) is 22.0 Å². The number of benzene rings is 1. The molecule has 0 saturated carbocycles. The average molecular weight is 452 g/mol. The maximum absolute atomic E-state index is 12.3. The monoisotopic (exact) mass is 451 g/mol. The summed E-state index contributed by atoms with van der Waals surface area (Å²) in [5.74, 6) is -1.20. The van der Waals surface area contributed by atoms with Crippen LogP contribution in [0.25, 0.3) is 0 Å². The fourth-order valence-electron chi connectivity index (χ4n) is 2.14. The molecule has 0 saturated heterocycles. The second kappa shape index (κ2) is 8.43. The molecule has 0 spiro atoms. The Morgan fingerprint density at radius 3 is 2.77 bits per heavy atom. The Morgan fingerprint density at radius 2 is 2.00 bits per heavy atom. The van der Waals surface area contributed by atoms with Crippen LogP contribution in [0.4, 0.5) is 10.8 Å². The van der Waals surface area contributed by atoms with E-state index in [-0.39, 0.29) is 12.3 Å². The fraction of sp³-hybridized carbons (Fsp3) is 0.118. The van der Waals surface area contributed by atoms with Crippen molar-refractivity contribution in [2.45, 2.75) is 13.0 Å². The minimum Gasteiger partial charge on any atom is -0.481 e. The highest BCUT2D eigenvalue weighted by Crippen LogP contribution is 2.24. The fourth-order valence-corrected chi connectivity index (χ4v) is 4.11. The highest BCUT2D eigenvalue weighted by Gasteiger charge is 2.13. The minimum atomic E-state index is -0.950. The third-order valence-electron chi connectivity index (χ3n) is 3.32. The van der Waals surface area contributed by atoms with Crippen LogP contribution < -0.4 is 10.6 Å². The van der Waals surface area contributed by atoms with Crippen molar-refractivity contribution in [1.82, 2.24) is 4.98 Å². The van der Waals surface area contributed by atoms with Crippen LogP contribution >= 0.6 is 38.6 Å². The topological polar surface area (TPSA) is 91.3 Å². The zero-order valence-electron chi connectivity index (χ0n) is 13.4. The number of thiophene rings is 1. The van der Waals surface area contributed by atoms with Crippen molar-refractivity contribution in [3.8, 4) is 0 Å². The molecule has 0 fully saturated rings. The Balaban J connectivity index is 1.58. The van der Waals surface area contributed by atoms with Crippen molar-refractivity contribution < 1.29 is 14.7 Å². The van der Waals surface area contributed by atoms with Crippen LogP contribution in [-0.2, 0) is 17.8 Å². The van der Waals surface area contributed by atoms with Crippen molar-refractivity contribution in [3.63, 3.8) is 0 Å². The van der Waals surface area contributed by atoms with Gasteiger partial charge in [0.05, 0.1) is 17.0 Å². The number of nitrogens with one attached hydrogen (secondary N) is 2. The molecule has 0 aliphatic carbocycles. The number of aliphatic carboxylic acids is 1. The van der Waals surface area contributed by atoms with Gasteiger partial charge in [-0.25, -0.2) is 4.98 Å². The van der Waals surface area contributed by atoms with Gasteiger partial charge in [0.25, 0.3) is 5.91 Å². The second-order valence-corrected chi connectivity index (χ2v) is 8.15. The zero-order chi connectivity index (χ0) is 18.5. The Morgan fingerprint density at radius 1 is 1.19 bits per heavy atom. The highest BCUT2D eigenvalue weighted by molar-refractivity contribution is 9.10. The third kappa shape index (κ3) is 4.90. The number of rotatable bonds is 7. The number of hydrogen-bond donors (Lipinski definition) is 3. The van der Waals surface area contributed by atoms with Crippen LogP contribution in [0.1, 0.15) is 20.2 Å². The molecule has 1 amide bonds. The highest BCUT2D eigenvalue weighted by atomic mass is 79.9. The standard InChI is InChI=1S/C17H14BrN3O3S2/c18-12-3-1-2-4-13(12)19-8-11-5-6-14(26-11)16(24)21-17-20-10(9-25-17)7-15(22)23/h1-6,9,19H,7-8H2,(H,22,23)(H,20,21,24). The van der Waals surface area contributed by atoms with Crippen molar-refractivity contribution in [2.24, 2.45) is 0 Å². The molecule has 3 rings (SSSR count). The van der Waals surface area contributed by atoms with Crippen LogP contribution in [0.2, 0.25) is 0 Å². The molecule has 1 aromatic carbocycles. The summed E-state index contributed by atoms with van der Waals surface area (Å²) < 4.78 is 0.982. The Labute approximate surface area is 166 Å². The SMILES string of the molecule is O=C(O)Cc1csc(NC(=O)c2ccc(CNc3ccccc3Br)s2)n1. The third-order valence-corrected chi connectivity index (χ3v) is 5.90. The van der Waals surface area contributed by atoms with E-state index in [1.165, 1.54) is 22.7 Å². The van der Waals surface area contributed by atoms with E-state index in [1.807, 2.05) is 30.3 Å². The van der Waals surface area contributed by atoms with Gasteiger partial charge in [-0.15, -0.1) is 22.7 Å². The molecule has 0 aliphatic heterocycles. The number of carboxylic acid groups (broad SMARTS) is 1. The number of carbonyl (C=O) groups excluding carboxylic acids is 1. The first-order valence-electron chi connectivity index (χ1n) is 7.56. The molecule has 0 radical (unpaired) electrons. The van der Waals surface area contributed by atoms with Gasteiger partial charge in [-0.2, -0.15) is 0 Å². The number of anilines is 2. The summed E-state index contributed by atoms with van der Waals surface area (Å²) in [7, 11) is 0. The number of carbonyl (C=O) groups is 2. The Kier molecular flexibility index (Phi) is 6.02. The quantitative estimate of drug-likeness (QED) is 0.493. The van der Waals surface area contributed by atoms with Gasteiger partial charge < -0.3 is 10.4 Å². The van der Waals surface area contributed by atoms with Gasteiger partial charge >= 0.3 is 5.97 Å². The molecule has 0 aliphatic rings. The second-order valence-electron chi connectivity index (χ2n) is 5.27. The van der Waals surface area contributed by atoms with E-state index in [1.54, 1.807) is 11.4 Å². The summed E-state index contributed by atoms with van der Waals surface area (Å²) in [5, 5.41) is 16.8. The minimum absolute atomic E-state index is 0.157. The zero-order valence-corrected chi connectivity index (χ0v) is 16.6. The normalized spacial score (nSPS) is 10.5. The maximum atomic E-state index is 12.3. The molecule has 2 heterocycles. The number of hydrogen-bond acceptors (Lipinski definition) is 6. The summed E-state index contributed by atoms with van der Waals surface area (Å²) in [6, 6.07) is 11.5. The lowest BCUT2D eigenvalue weighted by atomic mass is 10.3. The number of carboxylic acids is 1. The van der Waals surface area contributed by atoms with E-state index in [0.717, 1.165) is 15.0 Å². The number of nitrogens with zero attached hydrogens (tertiary/aromatic N) is 1. The van der Waals surface area contributed by atoms with E-state index in [0.29, 0.717) is 22.2 Å². The lowest BCUT2D eigenvalue weighted by Gasteiger charge is -2.06. The van der Waals surface area contributed by atoms with E-state index in [2.05, 4.69) is 31.5 Å². The van der Waals surface area contributed by atoms with Crippen molar-refractivity contribution in [3.05, 3.63) is 61.7 Å². The van der Waals surface area contributed by atoms with Gasteiger partial charge in [-0.1, -0.05) is 12.1 Å². The van der Waals surface area contributed by atoms with Crippen molar-refractivity contribution in [2.75, 3.05) is 10.6 Å². The largest absolute Gasteiger partial charge is 0.481 e. The lowest BCUT2D eigenvalue weighted by Crippen LogP contribution is -2.10. The Bertz CT molecular complexity index is 939. The van der Waals surface area contributed by atoms with Crippen LogP contribution in [0.15, 0.2) is 46.3 Å². The van der Waals surface area contributed by atoms with Gasteiger partial charge in [0, 0.05) is 27.0 Å². The van der Waals surface area contributed by atoms with Gasteiger partial charge in [-0.3, -0.25) is 14.9 Å². The van der Waals surface area contributed by atoms with Crippen molar-refractivity contribution in [1.29, 1.82) is 0 Å². The molecule has 3 aromatic rings. The number of halogens is 1. The smallest absolute Gasteiger partial charge is 0.309 e. The Hall–Kier alpha value is -2.23. The van der Waals surface area contributed by atoms with Crippen LogP contribution in [0.3, 0.4) is 0 Å². The van der Waals surface area contributed by atoms with Gasteiger partial charge in [0.2, 0.25) is 0 Å². The predicted octanol–water partition coefficient (Wildman–Crippen LogP) is 4.46. The molecular weight excluding hydrogens is 438 g/mol. The number of amides is 1. The molecule has 2 aromatic heterocycles. The summed E-state index contributed by atoms with van der Waals surface area (Å²) in [4.78, 5) is 28.7. The van der Waals surface area contributed by atoms with E-state index < -0.39 is 5.97 Å². The first kappa shape index (κ1) is 18.6. The van der Waals surface area contributed by atoms with Gasteiger partial charge in [-0.05, 0) is 40.2 Å². The molecule has 0 unspecified atom stereocenters. The molecule has 0 atom stereocenters. The molecular formula is C17H14BrN3O3S2. The molecule has 3 N–H and O–H groups in total. The molecule has 6 nitrogen and oxygen atoms in total. The average Bonchev–Trinajstić information content (AvgIpc) is 3.23. The molecule has 9 heteroatoms. The maximum Gasteiger partial charge on any atom is 0.309 e. The number of para-hydroxylation sites is 1. The summed E-state index contributed by atoms with van der Waals surface area (Å²) in [6.07, 6.45) is -0.157. The van der Waals surface area contributed by atoms with Crippen molar-refractivity contribution >= 4 is 61.3 Å². The van der Waals surface area contributed by atoms with E-state index in [9.17, 15) is 9.59 Å². The lowest BCUT2D eigenvalue weighted by molar-refractivity contribution is -0.136. The first-order valence-corrected chi connectivity index (χ1v) is 10.0. The summed E-state index contributed by atoms with van der Waals surface area (Å²) in [6.45, 7) is 0.612. The molecule has 26 heavy (non-hydrogen) atoms. The molecule has 0 bridgehead atoms. The van der Waals surface area contributed by atoms with Crippen LogP contribution in [0, 0.1) is 0 Å². The van der Waals surface area contributed by atoms with Gasteiger partial charge in [0.1, 0.15) is 0 Å². The summed E-state index contributed by atoms with van der Waals surface area (Å²) in [5.41, 5.74) is 1.42. The number of thiazole rings is 1. The first-order chi connectivity index (χ1) is 12.5.